The van der Waals surface area contributed by atoms with Crippen LogP contribution >= 0.6 is 0 Å². The van der Waals surface area contributed by atoms with Crippen LogP contribution in [0.2, 0.25) is 0 Å². The Hall–Kier alpha value is -0.410. The van der Waals surface area contributed by atoms with E-state index in [-0.39, 0.29) is 11.5 Å². The number of carbonyl (C=O) groups is 1. The van der Waals surface area contributed by atoms with Crippen LogP contribution in [0.1, 0.15) is 38.5 Å². The zero-order valence-electron chi connectivity index (χ0n) is 8.50. The Kier molecular flexibility index (Phi) is 1.92. The number of piperidine rings is 1. The fourth-order valence-electron chi connectivity index (χ4n) is 3.45. The van der Waals surface area contributed by atoms with Crippen LogP contribution in [0.4, 0.5) is 0 Å². The fourth-order valence-corrected chi connectivity index (χ4v) is 3.45. The number of carbonyl (C=O) groups excluding carboxylic acids is 1. The average Bonchev–Trinajstić information content (AvgIpc) is 2.42. The Labute approximate surface area is 84.4 Å². The van der Waals surface area contributed by atoms with Gasteiger partial charge in [0.15, 0.2) is 0 Å². The third-order valence-electron chi connectivity index (χ3n) is 4.21. The summed E-state index contributed by atoms with van der Waals surface area (Å²) < 4.78 is 0. The van der Waals surface area contributed by atoms with Gasteiger partial charge < -0.3 is 0 Å². The minimum absolute atomic E-state index is 0.119. The predicted octanol–water partition coefficient (Wildman–Crippen LogP) is 1.53. The number of ketones is 1. The first-order valence-electron chi connectivity index (χ1n) is 5.76. The highest BCUT2D eigenvalue weighted by Crippen LogP contribution is 2.47. The van der Waals surface area contributed by atoms with Crippen LogP contribution in [0.25, 0.3) is 0 Å². The molecule has 0 aromatic heterocycles. The molecule has 78 valence electrons. The Balaban J connectivity index is 1.93. The zero-order valence-corrected chi connectivity index (χ0v) is 8.50. The van der Waals surface area contributed by atoms with Crippen molar-refractivity contribution in [2.45, 2.75) is 44.1 Å². The molecule has 2 unspecified atom stereocenters. The van der Waals surface area contributed by atoms with Crippen molar-refractivity contribution in [3.05, 3.63) is 0 Å². The molecular formula is C11H17NO2. The molecule has 0 aromatic carbocycles. The molecule has 0 N–H and O–H groups in total. The van der Waals surface area contributed by atoms with E-state index in [0.717, 1.165) is 6.54 Å². The number of hydrogen-bond donors (Lipinski definition) is 0. The van der Waals surface area contributed by atoms with Gasteiger partial charge in [0.1, 0.15) is 5.78 Å². The Morgan fingerprint density at radius 2 is 2.07 bits per heavy atom. The van der Waals surface area contributed by atoms with Gasteiger partial charge >= 0.3 is 0 Å². The van der Waals surface area contributed by atoms with E-state index in [1.165, 1.54) is 32.1 Å². The van der Waals surface area contributed by atoms with Crippen LogP contribution in [0.3, 0.4) is 0 Å². The summed E-state index contributed by atoms with van der Waals surface area (Å²) in [6, 6.07) is 0. The standard InChI is InChI=1S/C11H17NO2/c13-10-4-7-12-11(9(10)8-14-12)5-2-1-3-6-11/h9H,1-8H2. The summed E-state index contributed by atoms with van der Waals surface area (Å²) >= 11 is 0. The van der Waals surface area contributed by atoms with Gasteiger partial charge in [-0.15, -0.1) is 0 Å². The van der Waals surface area contributed by atoms with Gasteiger partial charge in [0, 0.05) is 13.0 Å². The van der Waals surface area contributed by atoms with Crippen molar-refractivity contribution in [2.75, 3.05) is 13.2 Å². The molecule has 1 saturated carbocycles. The van der Waals surface area contributed by atoms with Gasteiger partial charge in [0.25, 0.3) is 0 Å². The summed E-state index contributed by atoms with van der Waals surface area (Å²) in [5.41, 5.74) is 0.119. The Morgan fingerprint density at radius 3 is 2.86 bits per heavy atom. The van der Waals surface area contributed by atoms with E-state index in [9.17, 15) is 4.79 Å². The second-order valence-electron chi connectivity index (χ2n) is 4.83. The second-order valence-corrected chi connectivity index (χ2v) is 4.83. The van der Waals surface area contributed by atoms with Gasteiger partial charge in [-0.2, -0.15) is 5.06 Å². The highest BCUT2D eigenvalue weighted by atomic mass is 16.7. The number of hydrogen-bond acceptors (Lipinski definition) is 3. The molecule has 0 amide bonds. The van der Waals surface area contributed by atoms with E-state index in [0.29, 0.717) is 18.8 Å². The first kappa shape index (κ1) is 8.86. The van der Waals surface area contributed by atoms with Crippen molar-refractivity contribution in [3.63, 3.8) is 0 Å². The van der Waals surface area contributed by atoms with Gasteiger partial charge in [-0.25, -0.2) is 0 Å². The molecule has 2 heterocycles. The molecular weight excluding hydrogens is 178 g/mol. The van der Waals surface area contributed by atoms with Crippen LogP contribution in [-0.2, 0) is 9.63 Å². The van der Waals surface area contributed by atoms with E-state index in [1.54, 1.807) is 0 Å². The van der Waals surface area contributed by atoms with Crippen LogP contribution in [-0.4, -0.2) is 29.5 Å². The van der Waals surface area contributed by atoms with Crippen molar-refractivity contribution in [1.82, 2.24) is 5.06 Å². The maximum Gasteiger partial charge on any atom is 0.141 e. The van der Waals surface area contributed by atoms with Crippen molar-refractivity contribution >= 4 is 5.78 Å². The average molecular weight is 195 g/mol. The van der Waals surface area contributed by atoms with E-state index in [2.05, 4.69) is 5.06 Å². The molecule has 1 aliphatic carbocycles. The first-order chi connectivity index (χ1) is 6.83. The Morgan fingerprint density at radius 1 is 1.29 bits per heavy atom. The van der Waals surface area contributed by atoms with Crippen molar-refractivity contribution in [2.24, 2.45) is 5.92 Å². The molecule has 1 spiro atoms. The molecule has 3 rings (SSSR count). The molecule has 2 atom stereocenters. The highest BCUT2D eigenvalue weighted by molar-refractivity contribution is 5.84. The largest absolute Gasteiger partial charge is 0.299 e. The smallest absolute Gasteiger partial charge is 0.141 e. The third-order valence-corrected chi connectivity index (χ3v) is 4.21. The zero-order chi connectivity index (χ0) is 9.60. The molecule has 3 aliphatic rings. The van der Waals surface area contributed by atoms with Gasteiger partial charge in [-0.05, 0) is 12.8 Å². The quantitative estimate of drug-likeness (QED) is 0.587. The topological polar surface area (TPSA) is 29.5 Å². The monoisotopic (exact) mass is 195 g/mol. The van der Waals surface area contributed by atoms with Crippen molar-refractivity contribution in [1.29, 1.82) is 0 Å². The van der Waals surface area contributed by atoms with Crippen molar-refractivity contribution < 1.29 is 9.63 Å². The summed E-state index contributed by atoms with van der Waals surface area (Å²) in [7, 11) is 0. The van der Waals surface area contributed by atoms with Gasteiger partial charge in [-0.1, -0.05) is 19.3 Å². The molecule has 0 radical (unpaired) electrons. The molecule has 2 saturated heterocycles. The minimum atomic E-state index is 0.119. The molecule has 2 aliphatic heterocycles. The maximum absolute atomic E-state index is 11.8. The summed E-state index contributed by atoms with van der Waals surface area (Å²) in [6.45, 7) is 1.48. The van der Waals surface area contributed by atoms with Gasteiger partial charge in [-0.3, -0.25) is 9.63 Å². The van der Waals surface area contributed by atoms with E-state index in [1.807, 2.05) is 0 Å². The predicted molar refractivity (Wildman–Crippen MR) is 51.6 cm³/mol. The van der Waals surface area contributed by atoms with Crippen LogP contribution < -0.4 is 0 Å². The molecule has 3 fully saturated rings. The lowest BCUT2D eigenvalue weighted by molar-refractivity contribution is -0.181. The van der Waals surface area contributed by atoms with E-state index >= 15 is 0 Å². The van der Waals surface area contributed by atoms with E-state index in [4.69, 9.17) is 4.84 Å². The molecule has 3 heteroatoms. The maximum atomic E-state index is 11.8. The summed E-state index contributed by atoms with van der Waals surface area (Å²) in [4.78, 5) is 17.5. The number of rotatable bonds is 0. The lowest BCUT2D eigenvalue weighted by atomic mass is 9.69. The molecule has 3 nitrogen and oxygen atoms in total. The molecule has 14 heavy (non-hydrogen) atoms. The normalized spacial score (nSPS) is 40.4. The number of nitrogens with zero attached hydrogens (tertiary/aromatic N) is 1. The lowest BCUT2D eigenvalue weighted by Crippen LogP contribution is -2.55. The Bertz CT molecular complexity index is 258. The molecule has 2 bridgehead atoms. The number of Topliss-reactive ketones (excluding diaryl/α,β-unsaturated/α-hetero) is 1. The van der Waals surface area contributed by atoms with Gasteiger partial charge in [0.2, 0.25) is 0 Å². The summed E-state index contributed by atoms with van der Waals surface area (Å²) in [5.74, 6) is 0.636. The van der Waals surface area contributed by atoms with Crippen LogP contribution in [0.5, 0.6) is 0 Å². The first-order valence-corrected chi connectivity index (χ1v) is 5.76. The second kappa shape index (κ2) is 3.04. The summed E-state index contributed by atoms with van der Waals surface area (Å²) in [6.07, 6.45) is 6.91. The van der Waals surface area contributed by atoms with Crippen LogP contribution in [0, 0.1) is 5.92 Å². The number of hydroxylamine groups is 2. The third kappa shape index (κ3) is 1.03. The van der Waals surface area contributed by atoms with Gasteiger partial charge in [0.05, 0.1) is 18.1 Å². The van der Waals surface area contributed by atoms with Crippen LogP contribution in [0.15, 0.2) is 0 Å². The minimum Gasteiger partial charge on any atom is -0.299 e. The lowest BCUT2D eigenvalue weighted by Gasteiger charge is -2.45. The highest BCUT2D eigenvalue weighted by Gasteiger charge is 2.55. The summed E-state index contributed by atoms with van der Waals surface area (Å²) in [5, 5.41) is 2.14. The van der Waals surface area contributed by atoms with Crippen molar-refractivity contribution in [3.8, 4) is 0 Å². The SMILES string of the molecule is O=C1CCN2OCC1C21CCCCC1. The van der Waals surface area contributed by atoms with E-state index < -0.39 is 0 Å². The molecule has 0 aromatic rings. The fraction of sp³-hybridized carbons (Fsp3) is 0.909.